The molecule has 126 valence electrons. The fourth-order valence-corrected chi connectivity index (χ4v) is 2.04. The van der Waals surface area contributed by atoms with Crippen LogP contribution in [0.15, 0.2) is 24.3 Å². The molecule has 1 atom stereocenters. The van der Waals surface area contributed by atoms with Gasteiger partial charge in [0.2, 0.25) is 0 Å². The number of nitrogens with zero attached hydrogens (tertiary/aromatic N) is 1. The second-order valence-electron chi connectivity index (χ2n) is 4.87. The zero-order valence-electron chi connectivity index (χ0n) is 13.5. The van der Waals surface area contributed by atoms with Gasteiger partial charge in [-0.2, -0.15) is 0 Å². The Hall–Kier alpha value is -2.41. The minimum Gasteiger partial charge on any atom is -0.480 e. The molecule has 0 fully saturated rings. The van der Waals surface area contributed by atoms with Gasteiger partial charge in [0.05, 0.1) is 6.61 Å². The lowest BCUT2D eigenvalue weighted by molar-refractivity contribution is -0.140. The molecule has 0 bridgehead atoms. The average Bonchev–Trinajstić information content (AvgIpc) is 2.55. The third-order valence-corrected chi connectivity index (χ3v) is 3.38. The smallest absolute Gasteiger partial charge is 0.328 e. The van der Waals surface area contributed by atoms with Gasteiger partial charge in [0.15, 0.2) is 6.04 Å². The van der Waals surface area contributed by atoms with Gasteiger partial charge >= 0.3 is 5.97 Å². The molecule has 0 spiro atoms. The Morgan fingerprint density at radius 1 is 1.13 bits per heavy atom. The summed E-state index contributed by atoms with van der Waals surface area (Å²) in [6.07, 6.45) is 0. The number of ether oxygens (including phenoxy) is 1. The molecule has 0 aliphatic rings. The van der Waals surface area contributed by atoms with E-state index in [0.29, 0.717) is 18.7 Å². The average molecular weight is 322 g/mol. The van der Waals surface area contributed by atoms with Crippen LogP contribution in [0.3, 0.4) is 0 Å². The molecule has 7 heteroatoms. The van der Waals surface area contributed by atoms with Gasteiger partial charge in [0.1, 0.15) is 0 Å². The summed E-state index contributed by atoms with van der Waals surface area (Å²) in [5.41, 5.74) is 0.764. The van der Waals surface area contributed by atoms with Gasteiger partial charge in [0, 0.05) is 31.3 Å². The molecule has 2 N–H and O–H groups in total. The third-order valence-electron chi connectivity index (χ3n) is 3.38. The van der Waals surface area contributed by atoms with E-state index in [-0.39, 0.29) is 18.1 Å². The van der Waals surface area contributed by atoms with Crippen molar-refractivity contribution in [3.05, 3.63) is 35.4 Å². The summed E-state index contributed by atoms with van der Waals surface area (Å²) < 4.78 is 4.76. The van der Waals surface area contributed by atoms with Crippen molar-refractivity contribution in [1.29, 1.82) is 0 Å². The largest absolute Gasteiger partial charge is 0.480 e. The summed E-state index contributed by atoms with van der Waals surface area (Å²) in [5, 5.41) is 11.4. The number of hydrogen-bond acceptors (Lipinski definition) is 4. The van der Waals surface area contributed by atoms with E-state index in [9.17, 15) is 14.4 Å². The van der Waals surface area contributed by atoms with E-state index in [1.165, 1.54) is 19.2 Å². The maximum absolute atomic E-state index is 12.2. The van der Waals surface area contributed by atoms with Crippen LogP contribution in [-0.2, 0) is 9.53 Å². The molecule has 1 aromatic rings. The van der Waals surface area contributed by atoms with Gasteiger partial charge in [-0.15, -0.1) is 0 Å². The fourth-order valence-electron chi connectivity index (χ4n) is 2.04. The Morgan fingerprint density at radius 2 is 1.65 bits per heavy atom. The first-order valence-electron chi connectivity index (χ1n) is 7.36. The molecule has 0 saturated carbocycles. The lowest BCUT2D eigenvalue weighted by Crippen LogP contribution is -2.43. The molecule has 7 nitrogen and oxygen atoms in total. The predicted molar refractivity (Wildman–Crippen MR) is 84.5 cm³/mol. The van der Waals surface area contributed by atoms with Crippen LogP contribution in [0.25, 0.3) is 0 Å². The SMILES string of the molecule is CCN(CC)C(=O)c1ccc(C(=O)NC(COC)C(=O)O)cc1. The first kappa shape index (κ1) is 18.6. The topological polar surface area (TPSA) is 95.9 Å². The molecule has 0 aliphatic carbocycles. The van der Waals surface area contributed by atoms with E-state index >= 15 is 0 Å². The van der Waals surface area contributed by atoms with Crippen molar-refractivity contribution in [1.82, 2.24) is 10.2 Å². The van der Waals surface area contributed by atoms with Gasteiger partial charge in [-0.3, -0.25) is 9.59 Å². The van der Waals surface area contributed by atoms with Gasteiger partial charge in [-0.05, 0) is 38.1 Å². The van der Waals surface area contributed by atoms with Crippen molar-refractivity contribution in [2.75, 3.05) is 26.8 Å². The molecule has 0 saturated heterocycles. The molecular formula is C16H22N2O5. The molecule has 23 heavy (non-hydrogen) atoms. The number of amides is 2. The number of rotatable bonds is 8. The molecule has 0 heterocycles. The number of hydrogen-bond donors (Lipinski definition) is 2. The Labute approximate surface area is 135 Å². The van der Waals surface area contributed by atoms with Crippen LogP contribution in [0.1, 0.15) is 34.6 Å². The quantitative estimate of drug-likeness (QED) is 0.744. The zero-order valence-corrected chi connectivity index (χ0v) is 13.5. The van der Waals surface area contributed by atoms with Crippen molar-refractivity contribution in [2.24, 2.45) is 0 Å². The van der Waals surface area contributed by atoms with Crippen molar-refractivity contribution in [3.8, 4) is 0 Å². The summed E-state index contributed by atoms with van der Waals surface area (Å²) in [6.45, 7) is 4.87. The van der Waals surface area contributed by atoms with Gasteiger partial charge in [0.25, 0.3) is 11.8 Å². The number of carboxylic acid groups (broad SMARTS) is 1. The lowest BCUT2D eigenvalue weighted by Gasteiger charge is -2.18. The van der Waals surface area contributed by atoms with Gasteiger partial charge in [-0.1, -0.05) is 0 Å². The summed E-state index contributed by atoms with van der Waals surface area (Å²) in [4.78, 5) is 36.9. The maximum Gasteiger partial charge on any atom is 0.328 e. The number of carboxylic acids is 1. The third kappa shape index (κ3) is 5.07. The highest BCUT2D eigenvalue weighted by Gasteiger charge is 2.20. The van der Waals surface area contributed by atoms with E-state index in [1.54, 1.807) is 17.0 Å². The molecule has 2 amide bonds. The molecule has 1 rings (SSSR count). The Balaban J connectivity index is 2.81. The zero-order chi connectivity index (χ0) is 17.4. The normalized spacial score (nSPS) is 11.6. The van der Waals surface area contributed by atoms with Crippen LogP contribution in [0.4, 0.5) is 0 Å². The van der Waals surface area contributed by atoms with Gasteiger partial charge < -0.3 is 20.1 Å². The number of methoxy groups -OCH3 is 1. The number of aliphatic carboxylic acids is 1. The van der Waals surface area contributed by atoms with E-state index < -0.39 is 17.9 Å². The van der Waals surface area contributed by atoms with Gasteiger partial charge in [-0.25, -0.2) is 4.79 Å². The molecular weight excluding hydrogens is 300 g/mol. The first-order valence-corrected chi connectivity index (χ1v) is 7.36. The Bertz CT molecular complexity index is 552. The molecule has 0 aliphatic heterocycles. The van der Waals surface area contributed by atoms with Crippen LogP contribution >= 0.6 is 0 Å². The summed E-state index contributed by atoms with van der Waals surface area (Å²) in [5.74, 6) is -1.81. The van der Waals surface area contributed by atoms with Crippen molar-refractivity contribution >= 4 is 17.8 Å². The number of nitrogens with one attached hydrogen (secondary N) is 1. The Kier molecular flexibility index (Phi) is 7.21. The second kappa shape index (κ2) is 8.89. The van der Waals surface area contributed by atoms with Crippen LogP contribution in [0.5, 0.6) is 0 Å². The standard InChI is InChI=1S/C16H22N2O5/c1-4-18(5-2)15(20)12-8-6-11(7-9-12)14(19)17-13(10-23-3)16(21)22/h6-9,13H,4-5,10H2,1-3H3,(H,17,19)(H,21,22). The minimum absolute atomic E-state index is 0.107. The van der Waals surface area contributed by atoms with Crippen molar-refractivity contribution in [2.45, 2.75) is 19.9 Å². The molecule has 0 radical (unpaired) electrons. The molecule has 0 aromatic heterocycles. The highest BCUT2D eigenvalue weighted by Crippen LogP contribution is 2.08. The lowest BCUT2D eigenvalue weighted by atomic mass is 10.1. The highest BCUT2D eigenvalue weighted by atomic mass is 16.5. The fraction of sp³-hybridized carbons (Fsp3) is 0.438. The highest BCUT2D eigenvalue weighted by molar-refractivity contribution is 5.99. The van der Waals surface area contributed by atoms with Crippen molar-refractivity contribution < 1.29 is 24.2 Å². The van der Waals surface area contributed by atoms with Crippen LogP contribution in [0, 0.1) is 0 Å². The minimum atomic E-state index is -1.17. The van der Waals surface area contributed by atoms with E-state index in [4.69, 9.17) is 9.84 Å². The predicted octanol–water partition coefficient (Wildman–Crippen LogP) is 0.998. The second-order valence-corrected chi connectivity index (χ2v) is 4.87. The van der Waals surface area contributed by atoms with Crippen molar-refractivity contribution in [3.63, 3.8) is 0 Å². The van der Waals surface area contributed by atoms with E-state index in [1.807, 2.05) is 13.8 Å². The summed E-state index contributed by atoms with van der Waals surface area (Å²) in [7, 11) is 1.36. The Morgan fingerprint density at radius 3 is 2.09 bits per heavy atom. The summed E-state index contributed by atoms with van der Waals surface area (Å²) in [6, 6.07) is 4.99. The molecule has 1 unspecified atom stereocenters. The monoisotopic (exact) mass is 322 g/mol. The van der Waals surface area contributed by atoms with E-state index in [2.05, 4.69) is 5.32 Å². The number of carbonyl (C=O) groups is 3. The van der Waals surface area contributed by atoms with E-state index in [0.717, 1.165) is 0 Å². The van der Waals surface area contributed by atoms with Crippen LogP contribution in [0.2, 0.25) is 0 Å². The van der Waals surface area contributed by atoms with Crippen LogP contribution < -0.4 is 5.32 Å². The number of benzene rings is 1. The number of carbonyl (C=O) groups excluding carboxylic acids is 2. The maximum atomic E-state index is 12.2. The van der Waals surface area contributed by atoms with Crippen LogP contribution in [-0.4, -0.2) is 60.6 Å². The first-order chi connectivity index (χ1) is 10.9. The molecule has 1 aromatic carbocycles. The summed E-state index contributed by atoms with van der Waals surface area (Å²) >= 11 is 0.